The third kappa shape index (κ3) is 4.47. The Kier molecular flexibility index (Phi) is 5.64. The first-order valence-corrected chi connectivity index (χ1v) is 11.6. The van der Waals surface area contributed by atoms with Gasteiger partial charge in [0.15, 0.2) is 11.6 Å². The Balaban J connectivity index is 1.38. The lowest BCUT2D eigenvalue weighted by Crippen LogP contribution is -2.34. The maximum Gasteiger partial charge on any atom is 0.218 e. The maximum atomic E-state index is 14.0. The van der Waals surface area contributed by atoms with Gasteiger partial charge in [-0.15, -0.1) is 0 Å². The van der Waals surface area contributed by atoms with E-state index >= 15 is 0 Å². The lowest BCUT2D eigenvalue weighted by atomic mass is 9.86. The summed E-state index contributed by atoms with van der Waals surface area (Å²) >= 11 is 0. The summed E-state index contributed by atoms with van der Waals surface area (Å²) in [5.41, 5.74) is 1.74. The summed E-state index contributed by atoms with van der Waals surface area (Å²) in [5, 5.41) is 0. The van der Waals surface area contributed by atoms with Gasteiger partial charge in [0.2, 0.25) is 10.0 Å². The van der Waals surface area contributed by atoms with E-state index in [2.05, 4.69) is 4.90 Å². The monoisotopic (exact) mass is 418 g/mol. The van der Waals surface area contributed by atoms with E-state index in [4.69, 9.17) is 4.74 Å². The second-order valence-corrected chi connectivity index (χ2v) is 10.2. The van der Waals surface area contributed by atoms with Crippen molar-refractivity contribution < 1.29 is 17.5 Å². The van der Waals surface area contributed by atoms with Crippen molar-refractivity contribution in [2.75, 3.05) is 33.3 Å². The van der Waals surface area contributed by atoms with Gasteiger partial charge in [-0.3, -0.25) is 4.90 Å². The Morgan fingerprint density at radius 3 is 2.52 bits per heavy atom. The highest BCUT2D eigenvalue weighted by Crippen LogP contribution is 2.41. The first-order valence-electron chi connectivity index (χ1n) is 9.96. The lowest BCUT2D eigenvalue weighted by molar-refractivity contribution is 0.260. The third-order valence-corrected chi connectivity index (χ3v) is 7.92. The standard InChI is InChI=1S/C22H27FN2O3S/c1-28-21-8-7-19(13-20(21)23)14-24-11-9-22(16-24)10-12-25(17-22)29(26,27)15-18-5-3-2-4-6-18/h2-8,13H,9-12,14-17H2,1H3/t22-/m0/s1. The van der Waals surface area contributed by atoms with Crippen molar-refractivity contribution in [1.82, 2.24) is 9.21 Å². The van der Waals surface area contributed by atoms with Crippen LogP contribution in [-0.2, 0) is 22.3 Å². The van der Waals surface area contributed by atoms with Crippen molar-refractivity contribution >= 4 is 10.0 Å². The van der Waals surface area contributed by atoms with Gasteiger partial charge in [0.1, 0.15) is 0 Å². The number of benzene rings is 2. The van der Waals surface area contributed by atoms with E-state index in [0.29, 0.717) is 19.6 Å². The molecule has 1 atom stereocenters. The molecule has 0 unspecified atom stereocenters. The van der Waals surface area contributed by atoms with Crippen LogP contribution in [0.25, 0.3) is 0 Å². The van der Waals surface area contributed by atoms with Gasteiger partial charge < -0.3 is 4.74 Å². The van der Waals surface area contributed by atoms with Crippen LogP contribution in [0.3, 0.4) is 0 Å². The molecule has 2 aromatic carbocycles. The molecule has 156 valence electrons. The van der Waals surface area contributed by atoms with E-state index in [-0.39, 0.29) is 22.7 Å². The molecule has 4 rings (SSSR count). The SMILES string of the molecule is COc1ccc(CN2CC[C@]3(CCN(S(=O)(=O)Cc4ccccc4)C3)C2)cc1F. The Hall–Kier alpha value is -1.96. The lowest BCUT2D eigenvalue weighted by Gasteiger charge is -2.25. The Labute approximate surface area is 172 Å². The summed E-state index contributed by atoms with van der Waals surface area (Å²) in [5.74, 6) is -0.0432. The van der Waals surface area contributed by atoms with Crippen LogP contribution in [0.4, 0.5) is 4.39 Å². The van der Waals surface area contributed by atoms with Crippen LogP contribution >= 0.6 is 0 Å². The van der Waals surface area contributed by atoms with E-state index in [0.717, 1.165) is 37.1 Å². The van der Waals surface area contributed by atoms with Gasteiger partial charge in [-0.2, -0.15) is 0 Å². The average Bonchev–Trinajstić information content (AvgIpc) is 3.30. The number of hydrogen-bond donors (Lipinski definition) is 0. The fourth-order valence-corrected chi connectivity index (χ4v) is 6.21. The highest BCUT2D eigenvalue weighted by atomic mass is 32.2. The van der Waals surface area contributed by atoms with Crippen molar-refractivity contribution in [2.24, 2.45) is 5.41 Å². The second kappa shape index (κ2) is 8.05. The molecule has 29 heavy (non-hydrogen) atoms. The molecule has 2 saturated heterocycles. The van der Waals surface area contributed by atoms with Gasteiger partial charge in [-0.05, 0) is 48.1 Å². The number of hydrogen-bond acceptors (Lipinski definition) is 4. The molecule has 2 aliphatic rings. The molecule has 5 nitrogen and oxygen atoms in total. The molecule has 0 aromatic heterocycles. The molecule has 7 heteroatoms. The Morgan fingerprint density at radius 1 is 1.03 bits per heavy atom. The predicted molar refractivity (Wildman–Crippen MR) is 111 cm³/mol. The first kappa shape index (κ1) is 20.3. The zero-order chi connectivity index (χ0) is 20.5. The fourth-order valence-electron chi connectivity index (χ4n) is 4.57. The minimum atomic E-state index is -3.31. The van der Waals surface area contributed by atoms with Gasteiger partial charge in [0.25, 0.3) is 0 Å². The van der Waals surface area contributed by atoms with Gasteiger partial charge in [0.05, 0.1) is 12.9 Å². The largest absolute Gasteiger partial charge is 0.494 e. The maximum absolute atomic E-state index is 14.0. The van der Waals surface area contributed by atoms with E-state index in [1.807, 2.05) is 36.4 Å². The Morgan fingerprint density at radius 2 is 1.79 bits per heavy atom. The zero-order valence-corrected chi connectivity index (χ0v) is 17.5. The zero-order valence-electron chi connectivity index (χ0n) is 16.7. The minimum absolute atomic E-state index is 0.00870. The minimum Gasteiger partial charge on any atom is -0.494 e. The molecule has 0 aliphatic carbocycles. The summed E-state index contributed by atoms with van der Waals surface area (Å²) < 4.78 is 46.4. The molecule has 2 aliphatic heterocycles. The molecular weight excluding hydrogens is 391 g/mol. The fraction of sp³-hybridized carbons (Fsp3) is 0.455. The van der Waals surface area contributed by atoms with E-state index < -0.39 is 10.0 Å². The van der Waals surface area contributed by atoms with Gasteiger partial charge in [0, 0.05) is 26.2 Å². The quantitative estimate of drug-likeness (QED) is 0.723. The molecular formula is C22H27FN2O3S. The van der Waals surface area contributed by atoms with Crippen LogP contribution < -0.4 is 4.74 Å². The normalized spacial score (nSPS) is 23.1. The van der Waals surface area contributed by atoms with E-state index in [1.54, 1.807) is 10.4 Å². The molecule has 0 saturated carbocycles. The molecule has 2 fully saturated rings. The summed E-state index contributed by atoms with van der Waals surface area (Å²) in [7, 11) is -1.86. The predicted octanol–water partition coefficient (Wildman–Crippen LogP) is 3.26. The number of sulfonamides is 1. The highest BCUT2D eigenvalue weighted by Gasteiger charge is 2.46. The number of halogens is 1. The van der Waals surface area contributed by atoms with Crippen LogP contribution in [0.2, 0.25) is 0 Å². The average molecular weight is 419 g/mol. The van der Waals surface area contributed by atoms with Crippen molar-refractivity contribution in [2.45, 2.75) is 25.1 Å². The number of ether oxygens (including phenoxy) is 1. The topological polar surface area (TPSA) is 49.9 Å². The smallest absolute Gasteiger partial charge is 0.218 e. The highest BCUT2D eigenvalue weighted by molar-refractivity contribution is 7.88. The van der Waals surface area contributed by atoms with Crippen LogP contribution in [0.15, 0.2) is 48.5 Å². The van der Waals surface area contributed by atoms with Crippen LogP contribution in [0.1, 0.15) is 24.0 Å². The molecule has 2 aromatic rings. The van der Waals surface area contributed by atoms with Crippen molar-refractivity contribution in [3.8, 4) is 5.75 Å². The summed E-state index contributed by atoms with van der Waals surface area (Å²) in [6.07, 6.45) is 1.86. The van der Waals surface area contributed by atoms with Gasteiger partial charge in [-0.1, -0.05) is 36.4 Å². The molecule has 0 amide bonds. The first-order chi connectivity index (χ1) is 13.9. The van der Waals surface area contributed by atoms with E-state index in [1.165, 1.54) is 13.2 Å². The number of likely N-dealkylation sites (tertiary alicyclic amines) is 1. The molecule has 0 bridgehead atoms. The summed E-state index contributed by atoms with van der Waals surface area (Å²) in [6, 6.07) is 14.4. The van der Waals surface area contributed by atoms with Crippen molar-refractivity contribution in [1.29, 1.82) is 0 Å². The summed E-state index contributed by atoms with van der Waals surface area (Å²) in [4.78, 5) is 2.30. The molecule has 2 heterocycles. The second-order valence-electron chi connectivity index (χ2n) is 8.25. The van der Waals surface area contributed by atoms with Crippen molar-refractivity contribution in [3.63, 3.8) is 0 Å². The summed E-state index contributed by atoms with van der Waals surface area (Å²) in [6.45, 7) is 3.58. The Bertz CT molecular complexity index is 967. The van der Waals surface area contributed by atoms with Crippen LogP contribution in [0, 0.1) is 11.2 Å². The number of nitrogens with zero attached hydrogens (tertiary/aromatic N) is 2. The third-order valence-electron chi connectivity index (χ3n) is 6.13. The van der Waals surface area contributed by atoms with Crippen molar-refractivity contribution in [3.05, 3.63) is 65.5 Å². The van der Waals surface area contributed by atoms with Crippen LogP contribution in [-0.4, -0.2) is 50.9 Å². The van der Waals surface area contributed by atoms with Gasteiger partial charge >= 0.3 is 0 Å². The number of methoxy groups -OCH3 is 1. The molecule has 1 spiro atoms. The number of rotatable bonds is 6. The van der Waals surface area contributed by atoms with E-state index in [9.17, 15) is 12.8 Å². The van der Waals surface area contributed by atoms with Gasteiger partial charge in [-0.25, -0.2) is 17.1 Å². The molecule has 0 N–H and O–H groups in total. The van der Waals surface area contributed by atoms with Crippen LogP contribution in [0.5, 0.6) is 5.75 Å². The molecule has 0 radical (unpaired) electrons.